The number of benzene rings is 2. The van der Waals surface area contributed by atoms with Gasteiger partial charge in [0.05, 0.1) is 6.61 Å². The highest BCUT2D eigenvalue weighted by Gasteiger charge is 2.07. The van der Waals surface area contributed by atoms with Crippen molar-refractivity contribution < 1.29 is 14.3 Å². The largest absolute Gasteiger partial charge is 0.466 e. The number of carbonyl (C=O) groups is 2. The summed E-state index contributed by atoms with van der Waals surface area (Å²) in [6.07, 6.45) is 2.75. The zero-order valence-corrected chi connectivity index (χ0v) is 14.7. The average molecular weight is 339 g/mol. The van der Waals surface area contributed by atoms with Crippen LogP contribution in [-0.2, 0) is 33.6 Å². The Morgan fingerprint density at radius 3 is 2.08 bits per heavy atom. The molecule has 0 radical (unpaired) electrons. The summed E-state index contributed by atoms with van der Waals surface area (Å²) in [6.45, 7) is 2.21. The molecule has 0 fully saturated rings. The lowest BCUT2D eigenvalue weighted by molar-refractivity contribution is -0.143. The molecule has 0 aliphatic heterocycles. The zero-order chi connectivity index (χ0) is 18.1. The summed E-state index contributed by atoms with van der Waals surface area (Å²) in [5.74, 6) is -0.490. The standard InChI is InChI=1S/C21H25NO3/c1-2-25-21(24)11-9-18-13-17(8-10-20(22)23)14-19(15-18)12-16-6-4-3-5-7-16/h3-7,13-15H,2,8-12H2,1H3,(H2,22,23). The molecule has 132 valence electrons. The number of nitrogens with two attached hydrogens (primary N) is 1. The molecule has 0 aromatic heterocycles. The van der Waals surface area contributed by atoms with Crippen molar-refractivity contribution >= 4 is 11.9 Å². The fourth-order valence-corrected chi connectivity index (χ4v) is 2.81. The maximum atomic E-state index is 11.6. The van der Waals surface area contributed by atoms with Gasteiger partial charge in [0.1, 0.15) is 0 Å². The van der Waals surface area contributed by atoms with Crippen LogP contribution in [0.15, 0.2) is 48.5 Å². The summed E-state index contributed by atoms with van der Waals surface area (Å²) in [6, 6.07) is 16.5. The van der Waals surface area contributed by atoms with Crippen LogP contribution in [0.4, 0.5) is 0 Å². The van der Waals surface area contributed by atoms with Crippen LogP contribution >= 0.6 is 0 Å². The van der Waals surface area contributed by atoms with E-state index >= 15 is 0 Å². The molecule has 0 saturated carbocycles. The third-order valence-electron chi connectivity index (χ3n) is 3.95. The number of rotatable bonds is 9. The van der Waals surface area contributed by atoms with Crippen LogP contribution in [-0.4, -0.2) is 18.5 Å². The quantitative estimate of drug-likeness (QED) is 0.713. The molecule has 2 aromatic rings. The number of carbonyl (C=O) groups excluding carboxylic acids is 2. The first-order chi connectivity index (χ1) is 12.1. The Kier molecular flexibility index (Phi) is 7.20. The molecular formula is C21H25NO3. The minimum atomic E-state index is -0.304. The van der Waals surface area contributed by atoms with E-state index in [9.17, 15) is 9.59 Å². The molecule has 25 heavy (non-hydrogen) atoms. The number of ether oxygens (including phenoxy) is 1. The van der Waals surface area contributed by atoms with Crippen LogP contribution in [0.25, 0.3) is 0 Å². The lowest BCUT2D eigenvalue weighted by Gasteiger charge is -2.10. The fourth-order valence-electron chi connectivity index (χ4n) is 2.81. The molecular weight excluding hydrogens is 314 g/mol. The molecule has 0 atom stereocenters. The molecule has 2 aromatic carbocycles. The number of hydrogen-bond donors (Lipinski definition) is 1. The predicted molar refractivity (Wildman–Crippen MR) is 98.2 cm³/mol. The topological polar surface area (TPSA) is 69.4 Å². The fraction of sp³-hybridized carbons (Fsp3) is 0.333. The van der Waals surface area contributed by atoms with Crippen LogP contribution in [0.1, 0.15) is 42.0 Å². The van der Waals surface area contributed by atoms with Crippen LogP contribution < -0.4 is 5.73 Å². The van der Waals surface area contributed by atoms with Gasteiger partial charge in [-0.2, -0.15) is 0 Å². The van der Waals surface area contributed by atoms with E-state index < -0.39 is 0 Å². The molecule has 0 unspecified atom stereocenters. The Morgan fingerprint density at radius 1 is 0.880 bits per heavy atom. The summed E-state index contributed by atoms with van der Waals surface area (Å²) in [5, 5.41) is 0. The molecule has 4 heteroatoms. The number of amides is 1. The van der Waals surface area contributed by atoms with Gasteiger partial charge in [0, 0.05) is 12.8 Å². The van der Waals surface area contributed by atoms with Crippen molar-refractivity contribution in [1.82, 2.24) is 0 Å². The first-order valence-electron chi connectivity index (χ1n) is 8.66. The van der Waals surface area contributed by atoms with Crippen molar-refractivity contribution in [3.63, 3.8) is 0 Å². The van der Waals surface area contributed by atoms with Crippen molar-refractivity contribution in [2.45, 2.75) is 39.0 Å². The second kappa shape index (κ2) is 9.62. The third-order valence-corrected chi connectivity index (χ3v) is 3.95. The van der Waals surface area contributed by atoms with Gasteiger partial charge >= 0.3 is 5.97 Å². The lowest BCUT2D eigenvalue weighted by Crippen LogP contribution is -2.11. The Balaban J connectivity index is 2.15. The highest BCUT2D eigenvalue weighted by molar-refractivity contribution is 5.74. The van der Waals surface area contributed by atoms with Gasteiger partial charge in [-0.25, -0.2) is 0 Å². The average Bonchev–Trinajstić information content (AvgIpc) is 2.59. The van der Waals surface area contributed by atoms with E-state index in [0.717, 1.165) is 17.5 Å². The van der Waals surface area contributed by atoms with Gasteiger partial charge < -0.3 is 10.5 Å². The molecule has 0 saturated heterocycles. The second-order valence-electron chi connectivity index (χ2n) is 6.09. The van der Waals surface area contributed by atoms with Crippen molar-refractivity contribution in [3.05, 3.63) is 70.8 Å². The molecule has 0 aliphatic carbocycles. The van der Waals surface area contributed by atoms with Crippen molar-refractivity contribution in [1.29, 1.82) is 0 Å². The van der Waals surface area contributed by atoms with Crippen molar-refractivity contribution in [3.8, 4) is 0 Å². The van der Waals surface area contributed by atoms with Crippen LogP contribution in [0.2, 0.25) is 0 Å². The van der Waals surface area contributed by atoms with Gasteiger partial charge in [-0.3, -0.25) is 9.59 Å². The van der Waals surface area contributed by atoms with E-state index in [4.69, 9.17) is 10.5 Å². The van der Waals surface area contributed by atoms with E-state index in [-0.39, 0.29) is 11.9 Å². The van der Waals surface area contributed by atoms with E-state index in [1.165, 1.54) is 11.1 Å². The van der Waals surface area contributed by atoms with Crippen molar-refractivity contribution in [2.24, 2.45) is 5.73 Å². The highest BCUT2D eigenvalue weighted by Crippen LogP contribution is 2.17. The predicted octanol–water partition coefficient (Wildman–Crippen LogP) is 3.19. The molecule has 0 bridgehead atoms. The summed E-state index contributed by atoms with van der Waals surface area (Å²) in [5.41, 5.74) is 9.83. The minimum absolute atomic E-state index is 0.186. The number of primary amides is 1. The molecule has 0 aliphatic rings. The summed E-state index contributed by atoms with van der Waals surface area (Å²) >= 11 is 0. The van der Waals surface area contributed by atoms with E-state index in [0.29, 0.717) is 32.3 Å². The van der Waals surface area contributed by atoms with Gasteiger partial charge in [0.25, 0.3) is 0 Å². The third kappa shape index (κ3) is 6.79. The number of esters is 1. The Bertz CT molecular complexity index is 710. The molecule has 2 N–H and O–H groups in total. The number of hydrogen-bond acceptors (Lipinski definition) is 3. The van der Waals surface area contributed by atoms with Gasteiger partial charge in [0.2, 0.25) is 5.91 Å². The van der Waals surface area contributed by atoms with Crippen LogP contribution in [0, 0.1) is 0 Å². The molecule has 2 rings (SSSR count). The summed E-state index contributed by atoms with van der Waals surface area (Å²) in [7, 11) is 0. The minimum Gasteiger partial charge on any atom is -0.466 e. The van der Waals surface area contributed by atoms with E-state index in [2.05, 4.69) is 30.3 Å². The van der Waals surface area contributed by atoms with Crippen molar-refractivity contribution in [2.75, 3.05) is 6.61 Å². The Hall–Kier alpha value is -2.62. The van der Waals surface area contributed by atoms with Crippen LogP contribution in [0.3, 0.4) is 0 Å². The number of aryl methyl sites for hydroxylation is 2. The van der Waals surface area contributed by atoms with Gasteiger partial charge in [-0.05, 0) is 48.4 Å². The maximum Gasteiger partial charge on any atom is 0.306 e. The zero-order valence-electron chi connectivity index (χ0n) is 14.7. The van der Waals surface area contributed by atoms with E-state index in [1.54, 1.807) is 6.92 Å². The summed E-state index contributed by atoms with van der Waals surface area (Å²) < 4.78 is 5.00. The Morgan fingerprint density at radius 2 is 1.48 bits per heavy atom. The maximum absolute atomic E-state index is 11.6. The first kappa shape index (κ1) is 18.7. The summed E-state index contributed by atoms with van der Waals surface area (Å²) in [4.78, 5) is 22.7. The molecule has 1 amide bonds. The molecule has 0 spiro atoms. The van der Waals surface area contributed by atoms with E-state index in [1.807, 2.05) is 18.2 Å². The second-order valence-corrected chi connectivity index (χ2v) is 6.09. The van der Waals surface area contributed by atoms with Gasteiger partial charge in [-0.15, -0.1) is 0 Å². The smallest absolute Gasteiger partial charge is 0.306 e. The molecule has 0 heterocycles. The van der Waals surface area contributed by atoms with Crippen LogP contribution in [0.5, 0.6) is 0 Å². The highest BCUT2D eigenvalue weighted by atomic mass is 16.5. The Labute approximate surface area is 149 Å². The lowest BCUT2D eigenvalue weighted by atomic mass is 9.96. The van der Waals surface area contributed by atoms with Gasteiger partial charge in [0.15, 0.2) is 0 Å². The first-order valence-corrected chi connectivity index (χ1v) is 8.66. The monoisotopic (exact) mass is 339 g/mol. The SMILES string of the molecule is CCOC(=O)CCc1cc(CCC(N)=O)cc(Cc2ccccc2)c1. The normalized spacial score (nSPS) is 10.4. The van der Waals surface area contributed by atoms with Gasteiger partial charge in [-0.1, -0.05) is 48.5 Å². The molecule has 4 nitrogen and oxygen atoms in total.